The zero-order valence-corrected chi connectivity index (χ0v) is 44.0. The van der Waals surface area contributed by atoms with E-state index in [1.165, 1.54) is 6.92 Å². The van der Waals surface area contributed by atoms with Gasteiger partial charge in [-0.05, 0) is 73.5 Å². The molecule has 32 atom stereocenters. The van der Waals surface area contributed by atoms with E-state index in [4.69, 9.17) is 52.1 Å². The molecule has 6 heterocycles. The molecule has 0 bridgehead atoms. The number of hydrogen-bond acceptors (Lipinski definition) is 25. The molecule has 6 aliphatic heterocycles. The fourth-order valence-electron chi connectivity index (χ4n) is 15.7. The van der Waals surface area contributed by atoms with Crippen LogP contribution in [0.3, 0.4) is 0 Å². The van der Waals surface area contributed by atoms with E-state index in [1.54, 1.807) is 0 Å². The third-order valence-corrected chi connectivity index (χ3v) is 19.9. The summed E-state index contributed by atoms with van der Waals surface area (Å²) >= 11 is 0. The van der Waals surface area contributed by atoms with Crippen LogP contribution in [-0.2, 0) is 56.9 Å². The summed E-state index contributed by atoms with van der Waals surface area (Å²) in [5.41, 5.74) is 0.526. The molecule has 10 rings (SSSR count). The van der Waals surface area contributed by atoms with Crippen LogP contribution in [0.15, 0.2) is 11.6 Å². The van der Waals surface area contributed by atoms with Crippen LogP contribution in [0, 0.1) is 46.3 Å². The van der Waals surface area contributed by atoms with Crippen molar-refractivity contribution >= 4 is 5.97 Å². The Morgan fingerprint density at radius 3 is 1.90 bits per heavy atom. The molecule has 77 heavy (non-hydrogen) atoms. The minimum Gasteiger partial charge on any atom is -0.462 e. The number of allylic oxidation sites excluding steroid dienone is 1. The topological polar surface area (TPSA) is 382 Å². The monoisotopic (exact) mass is 1110 g/mol. The van der Waals surface area contributed by atoms with Crippen LogP contribution in [0.25, 0.3) is 0 Å². The van der Waals surface area contributed by atoms with Crippen LogP contribution < -0.4 is 0 Å². The van der Waals surface area contributed by atoms with Gasteiger partial charge < -0.3 is 118 Å². The van der Waals surface area contributed by atoms with Crippen molar-refractivity contribution in [3.63, 3.8) is 0 Å². The van der Waals surface area contributed by atoms with Gasteiger partial charge in [0.15, 0.2) is 37.2 Å². The highest BCUT2D eigenvalue weighted by molar-refractivity contribution is 5.66. The molecule has 0 unspecified atom stereocenters. The molecule has 25 nitrogen and oxygen atoms in total. The summed E-state index contributed by atoms with van der Waals surface area (Å²) in [6.07, 6.45) is -31.0. The second-order valence-electron chi connectivity index (χ2n) is 24.2. The van der Waals surface area contributed by atoms with Crippen LogP contribution in [-0.4, -0.2) is 246 Å². The standard InChI is InChI=1S/C52H82O25/c1-19-8-11-52(67-18-19)20(2)32-27(77-52)14-26-24-7-6-22-12-23(13-31(68-21(3)56)51(22,5)25(24)9-10-50(26,32)4)69-46-41(65)37(61)42(30(17-55)72-46)73-49-44(75-47-39(63)35(59)33(57)28(15-53)70-47)43(34(58)29(16-54)71-49)74-48-40(64)36(60)38(62)45(66)76-48/h6,19-20,23-49,53-55,57-66H,7-18H2,1-5H3/t19-,20-,23+,24+,25-,26-,27-,28+,29+,30+,31+,32-,33+,34+,35-,36+,37+,38+,39+,40-,41+,42-,43-,44+,45+,46+,47-,48-,49-,50-,51-,52+/m0/s1. The molecule has 0 amide bonds. The first-order valence-corrected chi connectivity index (χ1v) is 27.5. The molecular weight excluding hydrogens is 1020 g/mol. The molecule has 13 N–H and O–H groups in total. The van der Waals surface area contributed by atoms with E-state index in [-0.39, 0.29) is 29.8 Å². The highest BCUT2D eigenvalue weighted by Crippen LogP contribution is 2.71. The number of esters is 1. The summed E-state index contributed by atoms with van der Waals surface area (Å²) in [5.74, 6) is 0.966. The quantitative estimate of drug-likeness (QED) is 0.0666. The number of hydrogen-bond donors (Lipinski definition) is 13. The number of carbonyl (C=O) groups excluding carboxylic acids is 1. The predicted octanol–water partition coefficient (Wildman–Crippen LogP) is -3.49. The summed E-state index contributed by atoms with van der Waals surface area (Å²) in [5, 5.41) is 140. The summed E-state index contributed by atoms with van der Waals surface area (Å²) in [6, 6.07) is 0. The number of aliphatic hydroxyl groups is 13. The molecule has 1 spiro atoms. The summed E-state index contributed by atoms with van der Waals surface area (Å²) in [7, 11) is 0. The second kappa shape index (κ2) is 22.5. The summed E-state index contributed by atoms with van der Waals surface area (Å²) < 4.78 is 67.1. The van der Waals surface area contributed by atoms with Crippen LogP contribution >= 0.6 is 0 Å². The lowest BCUT2D eigenvalue weighted by molar-refractivity contribution is -0.412. The van der Waals surface area contributed by atoms with E-state index in [9.17, 15) is 71.2 Å². The Hall–Kier alpha value is -1.71. The Labute approximate surface area is 445 Å². The predicted molar refractivity (Wildman–Crippen MR) is 254 cm³/mol. The average Bonchev–Trinajstić information content (AvgIpc) is 3.93. The first-order chi connectivity index (χ1) is 36.5. The lowest BCUT2D eigenvalue weighted by atomic mass is 9.46. The Balaban J connectivity index is 0.865. The highest BCUT2D eigenvalue weighted by atomic mass is 16.8. The third kappa shape index (κ3) is 10.1. The lowest BCUT2D eigenvalue weighted by Crippen LogP contribution is -2.68. The van der Waals surface area contributed by atoms with Crippen molar-refractivity contribution in [3.8, 4) is 0 Å². The van der Waals surface area contributed by atoms with Gasteiger partial charge >= 0.3 is 5.97 Å². The minimum atomic E-state index is -2.13. The molecule has 3 saturated carbocycles. The van der Waals surface area contributed by atoms with Crippen molar-refractivity contribution in [3.05, 3.63) is 11.6 Å². The molecule has 0 aromatic rings. The zero-order chi connectivity index (χ0) is 55.4. The van der Waals surface area contributed by atoms with Gasteiger partial charge in [0, 0.05) is 31.1 Å². The van der Waals surface area contributed by atoms with Crippen molar-refractivity contribution in [1.29, 1.82) is 0 Å². The van der Waals surface area contributed by atoms with Crippen molar-refractivity contribution in [2.24, 2.45) is 46.3 Å². The van der Waals surface area contributed by atoms with Crippen LogP contribution in [0.5, 0.6) is 0 Å². The van der Waals surface area contributed by atoms with Crippen LogP contribution in [0.1, 0.15) is 86.0 Å². The van der Waals surface area contributed by atoms with Gasteiger partial charge in [0.25, 0.3) is 0 Å². The fourth-order valence-corrected chi connectivity index (χ4v) is 15.7. The van der Waals surface area contributed by atoms with Gasteiger partial charge in [-0.1, -0.05) is 39.3 Å². The van der Waals surface area contributed by atoms with E-state index in [0.29, 0.717) is 36.7 Å². The Kier molecular flexibility index (Phi) is 17.1. The van der Waals surface area contributed by atoms with Gasteiger partial charge in [-0.15, -0.1) is 0 Å². The number of rotatable bonds is 12. The molecule has 10 aliphatic rings. The van der Waals surface area contributed by atoms with Gasteiger partial charge in [0.2, 0.25) is 0 Å². The smallest absolute Gasteiger partial charge is 0.302 e. The molecule has 25 heteroatoms. The Morgan fingerprint density at radius 1 is 0.636 bits per heavy atom. The van der Waals surface area contributed by atoms with Crippen molar-refractivity contribution in [2.45, 2.75) is 233 Å². The van der Waals surface area contributed by atoms with Gasteiger partial charge in [-0.2, -0.15) is 0 Å². The molecule has 4 aliphatic carbocycles. The Morgan fingerprint density at radius 2 is 1.23 bits per heavy atom. The maximum Gasteiger partial charge on any atom is 0.302 e. The fraction of sp³-hybridized carbons (Fsp3) is 0.942. The van der Waals surface area contributed by atoms with Crippen LogP contribution in [0.2, 0.25) is 0 Å². The third-order valence-electron chi connectivity index (χ3n) is 19.9. The van der Waals surface area contributed by atoms with Gasteiger partial charge in [-0.25, -0.2) is 0 Å². The van der Waals surface area contributed by atoms with Crippen molar-refractivity contribution in [1.82, 2.24) is 0 Å². The summed E-state index contributed by atoms with van der Waals surface area (Å²) in [4.78, 5) is 13.0. The van der Waals surface area contributed by atoms with Crippen molar-refractivity contribution < 1.29 is 123 Å². The highest BCUT2D eigenvalue weighted by Gasteiger charge is 2.70. The average molecular weight is 1110 g/mol. The lowest BCUT2D eigenvalue weighted by Gasteiger charge is -2.60. The van der Waals surface area contributed by atoms with E-state index < -0.39 is 172 Å². The SMILES string of the molecule is CC(=O)O[C@@H]1C[C@H](O[C@@H]2O[C@H](CO)[C@H](O[C@@H]3O[C@H](CO)[C@@H](O)[C@H](O[C@H]4O[C@@H](O)[C@H](O)[C@@H](O)[C@@H]4O)[C@H]3O[C@@H]3O[C@H](CO)[C@@H](O)[C@H](O)[C@H]3O)[C@H](O)[C@H]2O)CC2=CC[C@H]3[C@@H]4C[C@@H]5O[C@]6(CC[C@H](C)CO6)[C@@H](C)[C@@H]5[C@@]4(C)CC[C@@H]3[C@]21C. The first-order valence-electron chi connectivity index (χ1n) is 27.5. The van der Waals surface area contributed by atoms with E-state index in [0.717, 1.165) is 44.1 Å². The molecule has 440 valence electrons. The Bertz CT molecular complexity index is 2080. The van der Waals surface area contributed by atoms with E-state index >= 15 is 0 Å². The molecule has 6 saturated heterocycles. The molecule has 0 aromatic carbocycles. The molecular formula is C52H82O25. The van der Waals surface area contributed by atoms with Gasteiger partial charge in [-0.3, -0.25) is 4.79 Å². The number of fused-ring (bicyclic) bond motifs is 7. The number of carbonyl (C=O) groups is 1. The normalized spacial score (nSPS) is 55.7. The van der Waals surface area contributed by atoms with Gasteiger partial charge in [0.1, 0.15) is 97.7 Å². The second-order valence-corrected chi connectivity index (χ2v) is 24.2. The molecule has 9 fully saturated rings. The van der Waals surface area contributed by atoms with Crippen LogP contribution in [0.4, 0.5) is 0 Å². The van der Waals surface area contributed by atoms with E-state index in [1.807, 2.05) is 0 Å². The van der Waals surface area contributed by atoms with Gasteiger partial charge in [0.05, 0.1) is 38.6 Å². The number of aliphatic hydroxyl groups excluding tert-OH is 13. The minimum absolute atomic E-state index is 0.0343. The van der Waals surface area contributed by atoms with E-state index in [2.05, 4.69) is 33.8 Å². The van der Waals surface area contributed by atoms with Crippen molar-refractivity contribution in [2.75, 3.05) is 26.4 Å². The molecule has 0 aromatic heterocycles. The summed E-state index contributed by atoms with van der Waals surface area (Å²) in [6.45, 7) is 8.51. The largest absolute Gasteiger partial charge is 0.462 e. The zero-order valence-electron chi connectivity index (χ0n) is 44.0. The molecule has 0 radical (unpaired) electrons. The maximum atomic E-state index is 13.0. The number of ether oxygens (including phenoxy) is 11. The maximum absolute atomic E-state index is 13.0. The first kappa shape index (κ1) is 58.5.